The number of hydrogen-bond donors (Lipinski definition) is 1. The third-order valence-corrected chi connectivity index (χ3v) is 4.76. The van der Waals surface area contributed by atoms with E-state index < -0.39 is 29.3 Å². The van der Waals surface area contributed by atoms with Gasteiger partial charge in [0.15, 0.2) is 5.71 Å². The number of benzene rings is 2. The van der Waals surface area contributed by atoms with E-state index >= 15 is 0 Å². The summed E-state index contributed by atoms with van der Waals surface area (Å²) in [5, 5.41) is 13.4. The van der Waals surface area contributed by atoms with Gasteiger partial charge in [-0.25, -0.2) is 4.79 Å². The minimum atomic E-state index is -4.90. The molecule has 0 atom stereocenters. The SMILES string of the molecule is O=C(O)c1ccc(N2N=C(C(F)(F)F)C(=Cc3ccc(-c4cccc(Cl)c4)o3)C2=O)cc1. The van der Waals surface area contributed by atoms with E-state index in [4.69, 9.17) is 21.1 Å². The predicted octanol–water partition coefficient (Wildman–Crippen LogP) is 5.65. The Hall–Kier alpha value is -3.85. The molecule has 0 unspecified atom stereocenters. The van der Waals surface area contributed by atoms with Crippen molar-refractivity contribution in [1.29, 1.82) is 0 Å². The molecule has 3 aromatic rings. The van der Waals surface area contributed by atoms with E-state index in [-0.39, 0.29) is 17.0 Å². The fourth-order valence-corrected chi connectivity index (χ4v) is 3.23. The highest BCUT2D eigenvalue weighted by atomic mass is 35.5. The summed E-state index contributed by atoms with van der Waals surface area (Å²) in [6, 6.07) is 14.4. The maximum atomic E-state index is 13.6. The molecule has 1 aromatic heterocycles. The van der Waals surface area contributed by atoms with Gasteiger partial charge < -0.3 is 9.52 Å². The number of carboxylic acid groups (broad SMARTS) is 1. The van der Waals surface area contributed by atoms with Gasteiger partial charge >= 0.3 is 12.1 Å². The number of carbonyl (C=O) groups excluding carboxylic acids is 1. The zero-order valence-electron chi connectivity index (χ0n) is 15.9. The molecule has 4 rings (SSSR count). The molecule has 1 aliphatic heterocycles. The second kappa shape index (κ2) is 8.01. The number of carboxylic acids is 1. The van der Waals surface area contributed by atoms with Crippen LogP contribution in [0.3, 0.4) is 0 Å². The van der Waals surface area contributed by atoms with Crippen molar-refractivity contribution < 1.29 is 32.3 Å². The van der Waals surface area contributed by atoms with Crippen LogP contribution in [-0.4, -0.2) is 28.9 Å². The molecular formula is C22H12ClF3N2O4. The molecule has 0 spiro atoms. The van der Waals surface area contributed by atoms with Crippen molar-refractivity contribution in [2.24, 2.45) is 5.10 Å². The van der Waals surface area contributed by atoms with Crippen LogP contribution >= 0.6 is 11.6 Å². The van der Waals surface area contributed by atoms with Gasteiger partial charge in [0.05, 0.1) is 16.8 Å². The lowest BCUT2D eigenvalue weighted by Crippen LogP contribution is -2.25. The fraction of sp³-hybridized carbons (Fsp3) is 0.0455. The average molecular weight is 461 g/mol. The normalized spacial score (nSPS) is 15.4. The number of alkyl halides is 3. The van der Waals surface area contributed by atoms with Crippen LogP contribution in [0, 0.1) is 0 Å². The van der Waals surface area contributed by atoms with Gasteiger partial charge in [-0.05, 0) is 54.6 Å². The van der Waals surface area contributed by atoms with Crippen LogP contribution in [0.1, 0.15) is 16.1 Å². The molecule has 0 radical (unpaired) electrons. The van der Waals surface area contributed by atoms with E-state index in [2.05, 4.69) is 5.10 Å². The van der Waals surface area contributed by atoms with Crippen molar-refractivity contribution in [1.82, 2.24) is 0 Å². The Kier molecular flexibility index (Phi) is 5.35. The molecule has 32 heavy (non-hydrogen) atoms. The number of carbonyl (C=O) groups is 2. The average Bonchev–Trinajstić information content (AvgIpc) is 3.33. The van der Waals surface area contributed by atoms with E-state index in [0.717, 1.165) is 6.08 Å². The molecule has 10 heteroatoms. The molecule has 1 N–H and O–H groups in total. The summed E-state index contributed by atoms with van der Waals surface area (Å²) in [6.45, 7) is 0. The van der Waals surface area contributed by atoms with Crippen LogP contribution in [-0.2, 0) is 4.79 Å². The number of halogens is 4. The van der Waals surface area contributed by atoms with Crippen molar-refractivity contribution in [2.45, 2.75) is 6.18 Å². The highest BCUT2D eigenvalue weighted by Gasteiger charge is 2.47. The Labute approximate surface area is 183 Å². The number of amides is 1. The highest BCUT2D eigenvalue weighted by Crippen LogP contribution is 2.33. The lowest BCUT2D eigenvalue weighted by molar-refractivity contribution is -0.114. The van der Waals surface area contributed by atoms with E-state index in [1.165, 1.54) is 30.3 Å². The summed E-state index contributed by atoms with van der Waals surface area (Å²) in [5.74, 6) is -1.86. The standard InChI is InChI=1S/C22H12ClF3N2O4/c23-14-3-1-2-13(10-14)18-9-8-16(32-18)11-17-19(22(24,25)26)27-28(20(17)29)15-6-4-12(5-7-15)21(30)31/h1-11H,(H,30,31). The first kappa shape index (κ1) is 21.4. The Morgan fingerprint density at radius 1 is 1.09 bits per heavy atom. The van der Waals surface area contributed by atoms with Crippen LogP contribution in [0.15, 0.2) is 75.8 Å². The van der Waals surface area contributed by atoms with Crippen LogP contribution in [0.25, 0.3) is 17.4 Å². The summed E-state index contributed by atoms with van der Waals surface area (Å²) in [7, 11) is 0. The molecule has 1 amide bonds. The molecule has 162 valence electrons. The lowest BCUT2D eigenvalue weighted by Gasteiger charge is -2.11. The van der Waals surface area contributed by atoms with Crippen LogP contribution in [0.5, 0.6) is 0 Å². The number of hydrogen-bond acceptors (Lipinski definition) is 4. The monoisotopic (exact) mass is 460 g/mol. The third-order valence-electron chi connectivity index (χ3n) is 4.53. The van der Waals surface area contributed by atoms with Gasteiger partial charge in [0, 0.05) is 10.6 Å². The fourth-order valence-electron chi connectivity index (χ4n) is 3.04. The van der Waals surface area contributed by atoms with Gasteiger partial charge in [-0.15, -0.1) is 0 Å². The molecule has 0 fully saturated rings. The summed E-state index contributed by atoms with van der Waals surface area (Å²) in [4.78, 5) is 23.8. The molecule has 6 nitrogen and oxygen atoms in total. The summed E-state index contributed by atoms with van der Waals surface area (Å²) in [6.07, 6.45) is -3.94. The second-order valence-electron chi connectivity index (χ2n) is 6.69. The minimum absolute atomic E-state index is 0.00999. The molecule has 0 aliphatic carbocycles. The predicted molar refractivity (Wildman–Crippen MR) is 112 cm³/mol. The van der Waals surface area contributed by atoms with Crippen molar-refractivity contribution in [3.63, 3.8) is 0 Å². The lowest BCUT2D eigenvalue weighted by atomic mass is 10.1. The van der Waals surface area contributed by atoms with Crippen LogP contribution < -0.4 is 5.01 Å². The molecular weight excluding hydrogens is 449 g/mol. The number of furan rings is 1. The maximum Gasteiger partial charge on any atom is 0.435 e. The largest absolute Gasteiger partial charge is 0.478 e. The molecule has 1 aliphatic rings. The first-order chi connectivity index (χ1) is 15.1. The Morgan fingerprint density at radius 3 is 2.44 bits per heavy atom. The van der Waals surface area contributed by atoms with Crippen molar-refractivity contribution in [2.75, 3.05) is 5.01 Å². The number of aromatic carboxylic acids is 1. The maximum absolute atomic E-state index is 13.6. The Morgan fingerprint density at radius 2 is 1.81 bits per heavy atom. The first-order valence-electron chi connectivity index (χ1n) is 9.05. The number of anilines is 1. The second-order valence-corrected chi connectivity index (χ2v) is 7.12. The van der Waals surface area contributed by atoms with Gasteiger partial charge in [-0.3, -0.25) is 4.79 Å². The molecule has 0 bridgehead atoms. The van der Waals surface area contributed by atoms with E-state index in [1.807, 2.05) is 0 Å². The van der Waals surface area contributed by atoms with Gasteiger partial charge in [0.25, 0.3) is 5.91 Å². The van der Waals surface area contributed by atoms with E-state index in [9.17, 15) is 22.8 Å². The number of rotatable bonds is 4. The minimum Gasteiger partial charge on any atom is -0.478 e. The summed E-state index contributed by atoms with van der Waals surface area (Å²) < 4.78 is 46.3. The van der Waals surface area contributed by atoms with E-state index in [1.54, 1.807) is 30.3 Å². The zero-order valence-corrected chi connectivity index (χ0v) is 16.7. The van der Waals surface area contributed by atoms with Crippen LogP contribution in [0.2, 0.25) is 5.02 Å². The van der Waals surface area contributed by atoms with Gasteiger partial charge in [-0.2, -0.15) is 23.3 Å². The van der Waals surface area contributed by atoms with E-state index in [0.29, 0.717) is 21.4 Å². The highest BCUT2D eigenvalue weighted by molar-refractivity contribution is 6.34. The quantitative estimate of drug-likeness (QED) is 0.510. The third kappa shape index (κ3) is 4.15. The van der Waals surface area contributed by atoms with Gasteiger partial charge in [0.1, 0.15) is 11.5 Å². The Balaban J connectivity index is 1.70. The molecule has 0 saturated carbocycles. The topological polar surface area (TPSA) is 83.1 Å². The smallest absolute Gasteiger partial charge is 0.435 e. The first-order valence-corrected chi connectivity index (χ1v) is 9.43. The molecule has 0 saturated heterocycles. The Bertz CT molecular complexity index is 1280. The molecule has 2 aromatic carbocycles. The van der Waals surface area contributed by atoms with Crippen LogP contribution in [0.4, 0.5) is 18.9 Å². The summed E-state index contributed by atoms with van der Waals surface area (Å²) >= 11 is 5.95. The summed E-state index contributed by atoms with van der Waals surface area (Å²) in [5.41, 5.74) is -1.56. The molecule has 2 heterocycles. The number of nitrogens with zero attached hydrogens (tertiary/aromatic N) is 2. The van der Waals surface area contributed by atoms with Gasteiger partial charge in [0.2, 0.25) is 0 Å². The van der Waals surface area contributed by atoms with Crippen molar-refractivity contribution >= 4 is 41.0 Å². The zero-order chi connectivity index (χ0) is 23.0. The van der Waals surface area contributed by atoms with Crippen molar-refractivity contribution in [3.05, 3.63) is 82.6 Å². The van der Waals surface area contributed by atoms with Gasteiger partial charge in [-0.1, -0.05) is 23.7 Å². The van der Waals surface area contributed by atoms with Crippen molar-refractivity contribution in [3.8, 4) is 11.3 Å². The number of hydrazone groups is 1.